The number of para-hydroxylation sites is 1. The van der Waals surface area contributed by atoms with Crippen LogP contribution >= 0.6 is 15.9 Å². The normalized spacial score (nSPS) is 25.3. The van der Waals surface area contributed by atoms with Crippen molar-refractivity contribution in [3.63, 3.8) is 0 Å². The number of carbonyl (C=O) groups is 2. The molecule has 1 aromatic rings. The van der Waals surface area contributed by atoms with Crippen molar-refractivity contribution in [3.05, 3.63) is 28.7 Å². The molecular formula is C20H28BrN3O2. The van der Waals surface area contributed by atoms with Gasteiger partial charge in [-0.15, -0.1) is 0 Å². The number of hydrogen-bond acceptors (Lipinski definition) is 3. The minimum Gasteiger partial charge on any atom is -0.352 e. The molecule has 26 heavy (non-hydrogen) atoms. The van der Waals surface area contributed by atoms with Gasteiger partial charge in [0, 0.05) is 36.6 Å². The lowest BCUT2D eigenvalue weighted by Gasteiger charge is -2.33. The van der Waals surface area contributed by atoms with Crippen molar-refractivity contribution < 1.29 is 9.59 Å². The number of amides is 2. The molecule has 0 saturated carbocycles. The second-order valence-electron chi connectivity index (χ2n) is 7.77. The topological polar surface area (TPSA) is 52.7 Å². The highest BCUT2D eigenvalue weighted by Crippen LogP contribution is 2.31. The summed E-state index contributed by atoms with van der Waals surface area (Å²) in [4.78, 5) is 29.2. The van der Waals surface area contributed by atoms with E-state index < -0.39 is 0 Å². The number of hydrogen-bond donors (Lipinski definition) is 1. The van der Waals surface area contributed by atoms with Gasteiger partial charge < -0.3 is 15.1 Å². The molecule has 2 fully saturated rings. The number of benzene rings is 1. The predicted octanol–water partition coefficient (Wildman–Crippen LogP) is 3.04. The molecule has 1 N–H and O–H groups in total. The molecule has 0 aromatic heterocycles. The summed E-state index contributed by atoms with van der Waals surface area (Å²) in [5.41, 5.74) is 0.836. The zero-order valence-corrected chi connectivity index (χ0v) is 17.2. The standard InChI is InChI=1S/C20H28BrN3O2/c1-14-6-5-9-23(11-14)12-15(2)22-20(26)16-10-19(25)24(13-16)18-8-4-3-7-17(18)21/h3-4,7-8,14-16H,5-6,9-13H2,1-2H3,(H,22,26)/t14-,15-,16-/m1/s1. The van der Waals surface area contributed by atoms with Gasteiger partial charge in [0.2, 0.25) is 11.8 Å². The molecule has 2 heterocycles. The van der Waals surface area contributed by atoms with Crippen molar-refractivity contribution in [2.24, 2.45) is 11.8 Å². The highest BCUT2D eigenvalue weighted by atomic mass is 79.9. The van der Waals surface area contributed by atoms with E-state index in [1.165, 1.54) is 12.8 Å². The van der Waals surface area contributed by atoms with Crippen LogP contribution in [0.15, 0.2) is 28.7 Å². The summed E-state index contributed by atoms with van der Waals surface area (Å²) in [6, 6.07) is 7.74. The van der Waals surface area contributed by atoms with Crippen LogP contribution in [0.2, 0.25) is 0 Å². The van der Waals surface area contributed by atoms with Crippen LogP contribution in [0.3, 0.4) is 0 Å². The van der Waals surface area contributed by atoms with Crippen molar-refractivity contribution >= 4 is 33.4 Å². The minimum absolute atomic E-state index is 0.00883. The smallest absolute Gasteiger partial charge is 0.227 e. The quantitative estimate of drug-likeness (QED) is 0.794. The van der Waals surface area contributed by atoms with Gasteiger partial charge in [0.15, 0.2) is 0 Å². The molecule has 1 aromatic carbocycles. The SMILES string of the molecule is C[C@@H]1CCCN(C[C@@H](C)NC(=O)[C@@H]2CC(=O)N(c3ccccc3Br)C2)C1. The van der Waals surface area contributed by atoms with E-state index in [9.17, 15) is 9.59 Å². The molecule has 0 radical (unpaired) electrons. The minimum atomic E-state index is -0.280. The highest BCUT2D eigenvalue weighted by Gasteiger charge is 2.36. The molecule has 0 aliphatic carbocycles. The van der Waals surface area contributed by atoms with Gasteiger partial charge in [0.1, 0.15) is 0 Å². The van der Waals surface area contributed by atoms with Crippen molar-refractivity contribution in [1.82, 2.24) is 10.2 Å². The molecular weight excluding hydrogens is 394 g/mol. The fourth-order valence-corrected chi connectivity index (χ4v) is 4.53. The van der Waals surface area contributed by atoms with E-state index in [0.29, 0.717) is 6.54 Å². The first kappa shape index (κ1) is 19.4. The van der Waals surface area contributed by atoms with Crippen molar-refractivity contribution in [2.75, 3.05) is 31.1 Å². The van der Waals surface area contributed by atoms with E-state index in [1.807, 2.05) is 24.3 Å². The van der Waals surface area contributed by atoms with E-state index in [1.54, 1.807) is 4.90 Å². The first-order valence-corrected chi connectivity index (χ1v) is 10.3. The number of carbonyl (C=O) groups excluding carboxylic acids is 2. The molecule has 142 valence electrons. The Morgan fingerprint density at radius 2 is 2.12 bits per heavy atom. The van der Waals surface area contributed by atoms with Gasteiger partial charge in [-0.05, 0) is 60.3 Å². The summed E-state index contributed by atoms with van der Waals surface area (Å²) < 4.78 is 0.877. The van der Waals surface area contributed by atoms with Crippen LogP contribution in [-0.2, 0) is 9.59 Å². The second kappa shape index (κ2) is 8.53. The fourth-order valence-electron chi connectivity index (χ4n) is 4.03. The van der Waals surface area contributed by atoms with Gasteiger partial charge in [0.25, 0.3) is 0 Å². The summed E-state index contributed by atoms with van der Waals surface area (Å²) in [5.74, 6) is 0.453. The molecule has 5 nitrogen and oxygen atoms in total. The average Bonchev–Trinajstić information content (AvgIpc) is 2.97. The van der Waals surface area contributed by atoms with Gasteiger partial charge in [-0.1, -0.05) is 19.1 Å². The molecule has 0 spiro atoms. The van der Waals surface area contributed by atoms with Crippen LogP contribution in [0, 0.1) is 11.8 Å². The molecule has 2 amide bonds. The average molecular weight is 422 g/mol. The second-order valence-corrected chi connectivity index (χ2v) is 8.63. The number of anilines is 1. The molecule has 2 aliphatic rings. The summed E-state index contributed by atoms with van der Waals surface area (Å²) in [7, 11) is 0. The molecule has 3 rings (SSSR count). The Hall–Kier alpha value is -1.40. The van der Waals surface area contributed by atoms with Crippen LogP contribution in [0.25, 0.3) is 0 Å². The Labute approximate surface area is 164 Å². The van der Waals surface area contributed by atoms with E-state index in [0.717, 1.165) is 35.7 Å². The van der Waals surface area contributed by atoms with Crippen LogP contribution < -0.4 is 10.2 Å². The van der Waals surface area contributed by atoms with E-state index in [2.05, 4.69) is 40.0 Å². The van der Waals surface area contributed by atoms with Gasteiger partial charge in [-0.2, -0.15) is 0 Å². The van der Waals surface area contributed by atoms with E-state index in [-0.39, 0.29) is 30.2 Å². The lowest BCUT2D eigenvalue weighted by Crippen LogP contribution is -2.46. The molecule has 6 heteroatoms. The van der Waals surface area contributed by atoms with Gasteiger partial charge in [-0.3, -0.25) is 9.59 Å². The zero-order chi connectivity index (χ0) is 18.7. The van der Waals surface area contributed by atoms with Gasteiger partial charge in [0.05, 0.1) is 11.6 Å². The van der Waals surface area contributed by atoms with Gasteiger partial charge >= 0.3 is 0 Å². The Bertz CT molecular complexity index is 666. The Morgan fingerprint density at radius 1 is 1.35 bits per heavy atom. The Morgan fingerprint density at radius 3 is 2.85 bits per heavy atom. The maximum absolute atomic E-state index is 12.6. The van der Waals surface area contributed by atoms with Crippen molar-refractivity contribution in [2.45, 2.75) is 39.2 Å². The van der Waals surface area contributed by atoms with Crippen LogP contribution in [-0.4, -0.2) is 48.9 Å². The monoisotopic (exact) mass is 421 g/mol. The van der Waals surface area contributed by atoms with E-state index >= 15 is 0 Å². The molecule has 2 aliphatic heterocycles. The molecule has 0 bridgehead atoms. The van der Waals surface area contributed by atoms with Gasteiger partial charge in [-0.25, -0.2) is 0 Å². The number of rotatable bonds is 5. The first-order valence-electron chi connectivity index (χ1n) is 9.51. The van der Waals surface area contributed by atoms with Crippen LogP contribution in [0.5, 0.6) is 0 Å². The number of nitrogens with one attached hydrogen (secondary N) is 1. The third-order valence-electron chi connectivity index (χ3n) is 5.30. The van der Waals surface area contributed by atoms with Crippen LogP contribution in [0.1, 0.15) is 33.1 Å². The molecule has 0 unspecified atom stereocenters. The lowest BCUT2D eigenvalue weighted by molar-refractivity contribution is -0.127. The lowest BCUT2D eigenvalue weighted by atomic mass is 10.00. The summed E-state index contributed by atoms with van der Waals surface area (Å²) in [5, 5.41) is 3.12. The number of halogens is 1. The number of likely N-dealkylation sites (tertiary alicyclic amines) is 1. The molecule has 3 atom stereocenters. The van der Waals surface area contributed by atoms with E-state index in [4.69, 9.17) is 0 Å². The third kappa shape index (κ3) is 4.65. The van der Waals surface area contributed by atoms with Crippen molar-refractivity contribution in [3.8, 4) is 0 Å². The summed E-state index contributed by atoms with van der Waals surface area (Å²) >= 11 is 3.49. The third-order valence-corrected chi connectivity index (χ3v) is 5.97. The summed E-state index contributed by atoms with van der Waals surface area (Å²) in [6.45, 7) is 7.89. The predicted molar refractivity (Wildman–Crippen MR) is 107 cm³/mol. The maximum Gasteiger partial charge on any atom is 0.227 e. The zero-order valence-electron chi connectivity index (χ0n) is 15.6. The van der Waals surface area contributed by atoms with Crippen LogP contribution in [0.4, 0.5) is 5.69 Å². The molecule has 2 saturated heterocycles. The van der Waals surface area contributed by atoms with Crippen molar-refractivity contribution in [1.29, 1.82) is 0 Å². The Balaban J connectivity index is 1.54. The maximum atomic E-state index is 12.6. The highest BCUT2D eigenvalue weighted by molar-refractivity contribution is 9.10. The largest absolute Gasteiger partial charge is 0.352 e. The fraction of sp³-hybridized carbons (Fsp3) is 0.600. The number of piperidine rings is 1. The Kier molecular flexibility index (Phi) is 6.35. The number of nitrogens with zero attached hydrogens (tertiary/aromatic N) is 2. The summed E-state index contributed by atoms with van der Waals surface area (Å²) in [6.07, 6.45) is 2.81. The first-order chi connectivity index (χ1) is 12.4.